The zero-order chi connectivity index (χ0) is 14.3. The molecule has 0 N–H and O–H groups in total. The van der Waals surface area contributed by atoms with Gasteiger partial charge in [0.25, 0.3) is 0 Å². The number of rotatable bonds is 1. The Morgan fingerprint density at radius 3 is 2.35 bits per heavy atom. The third kappa shape index (κ3) is 2.20. The van der Waals surface area contributed by atoms with Gasteiger partial charge in [0.15, 0.2) is 0 Å². The summed E-state index contributed by atoms with van der Waals surface area (Å²) in [5.41, 5.74) is 7.24. The standard InChI is InChI=1S/C20H22/c1-14-13-16(20(2,3)4)10-12-17(14)19-11-9-15-7-5-6-8-18(15)19/h5-13,19H,1-4H3. The van der Waals surface area contributed by atoms with Crippen LogP contribution in [-0.4, -0.2) is 0 Å². The van der Waals surface area contributed by atoms with Gasteiger partial charge in [0.2, 0.25) is 0 Å². The van der Waals surface area contributed by atoms with E-state index in [4.69, 9.17) is 0 Å². The van der Waals surface area contributed by atoms with Gasteiger partial charge in [-0.1, -0.05) is 75.4 Å². The Hall–Kier alpha value is -1.82. The molecule has 1 aliphatic rings. The molecule has 1 unspecified atom stereocenters. The molecule has 0 spiro atoms. The average Bonchev–Trinajstić information content (AvgIpc) is 2.81. The van der Waals surface area contributed by atoms with Crippen LogP contribution in [0.25, 0.3) is 6.08 Å². The highest BCUT2D eigenvalue weighted by atomic mass is 14.3. The molecule has 2 aromatic rings. The van der Waals surface area contributed by atoms with Crippen LogP contribution in [0.5, 0.6) is 0 Å². The maximum Gasteiger partial charge on any atom is 0.0281 e. The van der Waals surface area contributed by atoms with E-state index < -0.39 is 0 Å². The van der Waals surface area contributed by atoms with Gasteiger partial charge in [-0.3, -0.25) is 0 Å². The van der Waals surface area contributed by atoms with Crippen molar-refractivity contribution < 1.29 is 0 Å². The largest absolute Gasteiger partial charge is 0.0720 e. The molecule has 1 aliphatic carbocycles. The zero-order valence-corrected chi connectivity index (χ0v) is 12.8. The molecule has 0 saturated heterocycles. The second kappa shape index (κ2) is 4.63. The second-order valence-corrected chi connectivity index (χ2v) is 6.79. The molecule has 0 aromatic heterocycles. The molecule has 0 amide bonds. The first-order valence-corrected chi connectivity index (χ1v) is 7.35. The molecule has 0 nitrogen and oxygen atoms in total. The number of benzene rings is 2. The third-order valence-electron chi connectivity index (χ3n) is 4.27. The Morgan fingerprint density at radius 1 is 0.900 bits per heavy atom. The van der Waals surface area contributed by atoms with Crippen LogP contribution in [0.15, 0.2) is 48.5 Å². The molecule has 1 atom stereocenters. The normalized spacial score (nSPS) is 17.3. The number of hydrogen-bond donors (Lipinski definition) is 0. The first kappa shape index (κ1) is 13.2. The SMILES string of the molecule is Cc1cc(C(C)(C)C)ccc1C1C=Cc2ccccc21. The summed E-state index contributed by atoms with van der Waals surface area (Å²) in [6, 6.07) is 15.6. The fraction of sp³-hybridized carbons (Fsp3) is 0.300. The van der Waals surface area contributed by atoms with Gasteiger partial charge in [-0.2, -0.15) is 0 Å². The quantitative estimate of drug-likeness (QED) is 0.641. The van der Waals surface area contributed by atoms with Gasteiger partial charge >= 0.3 is 0 Å². The monoisotopic (exact) mass is 262 g/mol. The van der Waals surface area contributed by atoms with E-state index in [0.29, 0.717) is 5.92 Å². The van der Waals surface area contributed by atoms with Crippen molar-refractivity contribution in [3.05, 3.63) is 76.4 Å². The molecule has 2 aromatic carbocycles. The Morgan fingerprint density at radius 2 is 1.65 bits per heavy atom. The van der Waals surface area contributed by atoms with Crippen molar-refractivity contribution in [2.24, 2.45) is 0 Å². The molecule has 0 heteroatoms. The van der Waals surface area contributed by atoms with Crippen LogP contribution in [0.3, 0.4) is 0 Å². The topological polar surface area (TPSA) is 0 Å². The maximum atomic E-state index is 2.35. The van der Waals surface area contributed by atoms with Crippen molar-refractivity contribution in [2.75, 3.05) is 0 Å². The zero-order valence-electron chi connectivity index (χ0n) is 12.8. The molecular weight excluding hydrogens is 240 g/mol. The molecule has 0 heterocycles. The lowest BCUT2D eigenvalue weighted by Gasteiger charge is -2.22. The number of fused-ring (bicyclic) bond motifs is 1. The lowest BCUT2D eigenvalue weighted by molar-refractivity contribution is 0.589. The Labute approximate surface area is 122 Å². The predicted molar refractivity (Wildman–Crippen MR) is 87.2 cm³/mol. The van der Waals surface area contributed by atoms with Gasteiger partial charge in [0, 0.05) is 5.92 Å². The summed E-state index contributed by atoms with van der Waals surface area (Å²) in [4.78, 5) is 0. The number of allylic oxidation sites excluding steroid dienone is 1. The number of aryl methyl sites for hydroxylation is 1. The average molecular weight is 262 g/mol. The second-order valence-electron chi connectivity index (χ2n) is 6.79. The highest BCUT2D eigenvalue weighted by Gasteiger charge is 2.21. The Bertz CT molecular complexity index is 669. The molecule has 102 valence electrons. The van der Waals surface area contributed by atoms with Crippen LogP contribution in [-0.2, 0) is 5.41 Å². The smallest absolute Gasteiger partial charge is 0.0281 e. The van der Waals surface area contributed by atoms with E-state index in [2.05, 4.69) is 82.3 Å². The van der Waals surface area contributed by atoms with Crippen molar-refractivity contribution in [3.63, 3.8) is 0 Å². The molecule has 0 aliphatic heterocycles. The first-order valence-electron chi connectivity index (χ1n) is 7.35. The lowest BCUT2D eigenvalue weighted by atomic mass is 9.83. The first-order chi connectivity index (χ1) is 9.47. The molecular formula is C20H22. The van der Waals surface area contributed by atoms with Crippen LogP contribution in [0.4, 0.5) is 0 Å². The fourth-order valence-corrected chi connectivity index (χ4v) is 3.01. The van der Waals surface area contributed by atoms with Gasteiger partial charge in [-0.05, 0) is 40.2 Å². The summed E-state index contributed by atoms with van der Waals surface area (Å²) in [7, 11) is 0. The summed E-state index contributed by atoms with van der Waals surface area (Å²) in [6.45, 7) is 9.05. The predicted octanol–water partition coefficient (Wildman–Crippen LogP) is 5.45. The van der Waals surface area contributed by atoms with E-state index in [1.807, 2.05) is 0 Å². The molecule has 3 rings (SSSR count). The van der Waals surface area contributed by atoms with Crippen LogP contribution in [0, 0.1) is 6.92 Å². The van der Waals surface area contributed by atoms with Crippen LogP contribution in [0.2, 0.25) is 0 Å². The van der Waals surface area contributed by atoms with E-state index >= 15 is 0 Å². The van der Waals surface area contributed by atoms with Crippen LogP contribution >= 0.6 is 0 Å². The fourth-order valence-electron chi connectivity index (χ4n) is 3.01. The van der Waals surface area contributed by atoms with Gasteiger partial charge in [-0.25, -0.2) is 0 Å². The van der Waals surface area contributed by atoms with E-state index in [0.717, 1.165) is 0 Å². The van der Waals surface area contributed by atoms with Crippen molar-refractivity contribution in [2.45, 2.75) is 39.0 Å². The molecule has 0 fully saturated rings. The molecule has 0 bridgehead atoms. The van der Waals surface area contributed by atoms with Crippen LogP contribution in [0.1, 0.15) is 54.5 Å². The van der Waals surface area contributed by atoms with Crippen molar-refractivity contribution >= 4 is 6.08 Å². The van der Waals surface area contributed by atoms with E-state index in [1.54, 1.807) is 0 Å². The van der Waals surface area contributed by atoms with Gasteiger partial charge in [0.05, 0.1) is 0 Å². The summed E-state index contributed by atoms with van der Waals surface area (Å²) >= 11 is 0. The lowest BCUT2D eigenvalue weighted by Crippen LogP contribution is -2.12. The summed E-state index contributed by atoms with van der Waals surface area (Å²) in [6.07, 6.45) is 4.57. The van der Waals surface area contributed by atoms with Crippen molar-refractivity contribution in [3.8, 4) is 0 Å². The summed E-state index contributed by atoms with van der Waals surface area (Å²) in [5, 5.41) is 0. The van der Waals surface area contributed by atoms with E-state index in [-0.39, 0.29) is 5.41 Å². The van der Waals surface area contributed by atoms with E-state index in [1.165, 1.54) is 27.8 Å². The van der Waals surface area contributed by atoms with Gasteiger partial charge in [-0.15, -0.1) is 0 Å². The maximum absolute atomic E-state index is 2.35. The number of hydrogen-bond acceptors (Lipinski definition) is 0. The van der Waals surface area contributed by atoms with Gasteiger partial charge < -0.3 is 0 Å². The highest BCUT2D eigenvalue weighted by molar-refractivity contribution is 5.65. The van der Waals surface area contributed by atoms with Crippen molar-refractivity contribution in [1.29, 1.82) is 0 Å². The molecule has 0 saturated carbocycles. The minimum absolute atomic E-state index is 0.215. The minimum Gasteiger partial charge on any atom is -0.0720 e. The van der Waals surface area contributed by atoms with E-state index in [9.17, 15) is 0 Å². The highest BCUT2D eigenvalue weighted by Crippen LogP contribution is 2.37. The minimum atomic E-state index is 0.215. The van der Waals surface area contributed by atoms with Crippen LogP contribution < -0.4 is 0 Å². The Kier molecular flexibility index (Phi) is 3.05. The molecule has 0 radical (unpaired) electrons. The molecule has 20 heavy (non-hydrogen) atoms. The summed E-state index contributed by atoms with van der Waals surface area (Å²) in [5.74, 6) is 0.417. The van der Waals surface area contributed by atoms with Gasteiger partial charge in [0.1, 0.15) is 0 Å². The van der Waals surface area contributed by atoms with Crippen molar-refractivity contribution in [1.82, 2.24) is 0 Å². The third-order valence-corrected chi connectivity index (χ3v) is 4.27. The summed E-state index contributed by atoms with van der Waals surface area (Å²) < 4.78 is 0. The Balaban J connectivity index is 2.03.